The molecule has 2 fully saturated rings. The molecule has 6 rings (SSSR count). The largest absolute Gasteiger partial charge is 0.389 e. The van der Waals surface area contributed by atoms with Crippen molar-refractivity contribution >= 4 is 59.1 Å². The summed E-state index contributed by atoms with van der Waals surface area (Å²) >= 11 is 1.12. The first kappa shape index (κ1) is 36.0. The van der Waals surface area contributed by atoms with Crippen molar-refractivity contribution in [3.05, 3.63) is 50.5 Å². The normalized spacial score (nSPS) is 18.7. The standard InChI is InChI=1S/C30H33FN5O2PS.C4H10.C2H6/c1-5-15(3)22(24-17(7-32)28(33)40-27(24)21(31)6-2)23-20-11-37-10-19(20)18-8-34-29(35-25(18)26(23)39)36-9-16(4)30(12-36)13-38-14-30;1-3-4-2;1-2/h6,8,16H,5,9-14,33,39H2,1-4H3;3-4H2,1-2H3;1-2H3/b21-6+,22-15+;;. The average Bonchev–Trinajstić information content (AvgIpc) is 3.78. The van der Waals surface area contributed by atoms with Gasteiger partial charge in [-0.25, -0.2) is 14.4 Å². The molecule has 1 spiro atoms. The maximum absolute atomic E-state index is 15.3. The molecule has 46 heavy (non-hydrogen) atoms. The number of nitrogens with zero attached hydrogens (tertiary/aromatic N) is 4. The quantitative estimate of drug-likeness (QED) is 0.264. The number of nitrogens with two attached hydrogens (primary N) is 1. The van der Waals surface area contributed by atoms with E-state index >= 15 is 4.39 Å². The van der Waals surface area contributed by atoms with E-state index in [1.807, 2.05) is 27.0 Å². The zero-order valence-electron chi connectivity index (χ0n) is 28.6. The fourth-order valence-electron chi connectivity index (χ4n) is 6.25. The third-order valence-corrected chi connectivity index (χ3v) is 11.0. The lowest BCUT2D eigenvalue weighted by Crippen LogP contribution is -2.48. The third kappa shape index (κ3) is 6.34. The van der Waals surface area contributed by atoms with Crippen LogP contribution in [0.5, 0.6) is 0 Å². The summed E-state index contributed by atoms with van der Waals surface area (Å²) in [7, 11) is 2.89. The number of aromatic nitrogens is 2. The maximum Gasteiger partial charge on any atom is 0.225 e. The molecule has 3 aliphatic heterocycles. The predicted octanol–water partition coefficient (Wildman–Crippen LogP) is 8.54. The van der Waals surface area contributed by atoms with Gasteiger partial charge in [0.25, 0.3) is 0 Å². The summed E-state index contributed by atoms with van der Waals surface area (Å²) in [6, 6.07) is 2.26. The van der Waals surface area contributed by atoms with Crippen LogP contribution in [-0.2, 0) is 22.7 Å². The van der Waals surface area contributed by atoms with E-state index in [1.54, 1.807) is 6.92 Å². The summed E-state index contributed by atoms with van der Waals surface area (Å²) < 4.78 is 26.9. The minimum absolute atomic E-state index is 0.174. The van der Waals surface area contributed by atoms with Gasteiger partial charge in [-0.3, -0.25) is 0 Å². The van der Waals surface area contributed by atoms with Gasteiger partial charge in [-0.1, -0.05) is 66.0 Å². The minimum Gasteiger partial charge on any atom is -0.389 e. The number of hydrogen-bond acceptors (Lipinski definition) is 8. The van der Waals surface area contributed by atoms with Crippen LogP contribution in [0.3, 0.4) is 0 Å². The van der Waals surface area contributed by atoms with Gasteiger partial charge in [0.1, 0.15) is 16.9 Å². The lowest BCUT2D eigenvalue weighted by molar-refractivity contribution is -0.120. The van der Waals surface area contributed by atoms with Crippen LogP contribution in [0.4, 0.5) is 15.3 Å². The molecule has 248 valence electrons. The topological polar surface area (TPSA) is 97.3 Å². The Labute approximate surface area is 280 Å². The second kappa shape index (κ2) is 15.3. The van der Waals surface area contributed by atoms with Crippen LogP contribution < -0.4 is 15.9 Å². The van der Waals surface area contributed by atoms with Gasteiger partial charge in [-0.2, -0.15) is 5.26 Å². The summed E-state index contributed by atoms with van der Waals surface area (Å²) in [5, 5.41) is 12.3. The lowest BCUT2D eigenvalue weighted by atomic mass is 9.77. The number of thiophene rings is 1. The summed E-state index contributed by atoms with van der Waals surface area (Å²) in [6.07, 6.45) is 6.69. The smallest absolute Gasteiger partial charge is 0.225 e. The Balaban J connectivity index is 0.000000744. The van der Waals surface area contributed by atoms with E-state index in [1.165, 1.54) is 18.9 Å². The molecule has 0 radical (unpaired) electrons. The van der Waals surface area contributed by atoms with Gasteiger partial charge in [0.05, 0.1) is 42.4 Å². The molecule has 0 amide bonds. The lowest BCUT2D eigenvalue weighted by Gasteiger charge is -2.40. The number of hydrogen-bond donors (Lipinski definition) is 1. The summed E-state index contributed by atoms with van der Waals surface area (Å²) in [6.45, 7) is 20.6. The Hall–Kier alpha value is -2.89. The monoisotopic (exact) mass is 665 g/mol. The van der Waals surface area contributed by atoms with Crippen molar-refractivity contribution in [3.8, 4) is 6.07 Å². The van der Waals surface area contributed by atoms with Gasteiger partial charge in [0, 0.05) is 41.0 Å². The van der Waals surface area contributed by atoms with Gasteiger partial charge in [-0.15, -0.1) is 20.6 Å². The molecule has 2 atom stereocenters. The molecular weight excluding hydrogens is 616 g/mol. The molecule has 2 aromatic heterocycles. The Bertz CT molecular complexity index is 1690. The molecule has 5 heterocycles. The zero-order chi connectivity index (χ0) is 33.8. The Morgan fingerprint density at radius 2 is 1.87 bits per heavy atom. The number of fused-ring (bicyclic) bond motifs is 3. The van der Waals surface area contributed by atoms with Crippen LogP contribution in [0.25, 0.3) is 22.3 Å². The van der Waals surface area contributed by atoms with Crippen molar-refractivity contribution in [1.29, 1.82) is 5.26 Å². The van der Waals surface area contributed by atoms with Crippen LogP contribution in [0, 0.1) is 22.7 Å². The number of anilines is 2. The number of allylic oxidation sites excluding steroid dienone is 2. The molecule has 0 bridgehead atoms. The number of nitriles is 1. The zero-order valence-corrected chi connectivity index (χ0v) is 30.6. The molecule has 0 aliphatic carbocycles. The van der Waals surface area contributed by atoms with E-state index in [-0.39, 0.29) is 5.41 Å². The number of rotatable bonds is 6. The number of halogens is 1. The first-order chi connectivity index (χ1) is 22.2. The number of nitrogen functional groups attached to an aromatic ring is 1. The Morgan fingerprint density at radius 1 is 1.20 bits per heavy atom. The first-order valence-electron chi connectivity index (χ1n) is 16.5. The highest BCUT2D eigenvalue weighted by atomic mass is 32.1. The molecule has 3 aliphatic rings. The van der Waals surface area contributed by atoms with Gasteiger partial charge >= 0.3 is 0 Å². The van der Waals surface area contributed by atoms with Crippen molar-refractivity contribution in [2.75, 3.05) is 36.9 Å². The fourth-order valence-corrected chi connectivity index (χ4v) is 7.78. The van der Waals surface area contributed by atoms with Crippen LogP contribution in [0.2, 0.25) is 0 Å². The van der Waals surface area contributed by atoms with Gasteiger partial charge in [0.2, 0.25) is 5.95 Å². The Kier molecular flexibility index (Phi) is 12.0. The predicted molar refractivity (Wildman–Crippen MR) is 194 cm³/mol. The minimum atomic E-state index is -0.393. The number of ether oxygens (including phenoxy) is 2. The molecule has 0 saturated carbocycles. The van der Waals surface area contributed by atoms with E-state index in [2.05, 4.69) is 47.9 Å². The molecule has 2 unspecified atom stereocenters. The van der Waals surface area contributed by atoms with Crippen molar-refractivity contribution < 1.29 is 13.9 Å². The van der Waals surface area contributed by atoms with Gasteiger partial charge in [0.15, 0.2) is 0 Å². The highest BCUT2D eigenvalue weighted by Crippen LogP contribution is 2.47. The fraction of sp³-hybridized carbons (Fsp3) is 0.528. The molecular formula is C36H49FN5O2PS. The van der Waals surface area contributed by atoms with Gasteiger partial charge < -0.3 is 20.1 Å². The van der Waals surface area contributed by atoms with E-state index in [4.69, 9.17) is 25.2 Å². The summed E-state index contributed by atoms with van der Waals surface area (Å²) in [5.74, 6) is 0.804. The second-order valence-corrected chi connectivity index (χ2v) is 13.7. The molecule has 2 N–H and O–H groups in total. The van der Waals surface area contributed by atoms with Crippen LogP contribution in [-0.4, -0.2) is 36.3 Å². The number of unbranched alkanes of at least 4 members (excludes halogenated alkanes) is 1. The van der Waals surface area contributed by atoms with E-state index in [9.17, 15) is 5.26 Å². The van der Waals surface area contributed by atoms with E-state index < -0.39 is 5.83 Å². The summed E-state index contributed by atoms with van der Waals surface area (Å²) in [5.41, 5.74) is 13.0. The van der Waals surface area contributed by atoms with E-state index in [0.29, 0.717) is 46.1 Å². The molecule has 1 aromatic carbocycles. The van der Waals surface area contributed by atoms with Crippen molar-refractivity contribution in [1.82, 2.24) is 9.97 Å². The van der Waals surface area contributed by atoms with Crippen LogP contribution in [0.1, 0.15) is 107 Å². The Morgan fingerprint density at radius 3 is 2.41 bits per heavy atom. The highest BCUT2D eigenvalue weighted by molar-refractivity contribution is 7.28. The van der Waals surface area contributed by atoms with Crippen molar-refractivity contribution in [2.45, 2.75) is 87.9 Å². The highest BCUT2D eigenvalue weighted by Gasteiger charge is 2.50. The van der Waals surface area contributed by atoms with Gasteiger partial charge in [-0.05, 0) is 48.4 Å². The third-order valence-electron chi connectivity index (χ3n) is 9.37. The molecule has 3 aromatic rings. The second-order valence-electron chi connectivity index (χ2n) is 12.1. The van der Waals surface area contributed by atoms with E-state index in [0.717, 1.165) is 88.1 Å². The van der Waals surface area contributed by atoms with Crippen LogP contribution in [0.15, 0.2) is 17.8 Å². The first-order valence-corrected chi connectivity index (χ1v) is 17.9. The number of benzene rings is 1. The maximum atomic E-state index is 15.3. The van der Waals surface area contributed by atoms with Crippen molar-refractivity contribution in [2.24, 2.45) is 11.3 Å². The van der Waals surface area contributed by atoms with Crippen molar-refractivity contribution in [3.63, 3.8) is 0 Å². The molecule has 10 heteroatoms. The SMILES string of the molecule is C/C=C(/F)c1sc(N)c(C#N)c1/C(=C(\C)CC)c1c2c(c3cnc(N4CC(C)C5(COC5)C4)nc3c1P)COC2.CC.CCCC. The molecule has 7 nitrogen and oxygen atoms in total. The van der Waals surface area contributed by atoms with Crippen LogP contribution >= 0.6 is 20.6 Å². The molecule has 2 saturated heterocycles. The average molecular weight is 666 g/mol. The summed E-state index contributed by atoms with van der Waals surface area (Å²) in [4.78, 5) is 12.6.